The maximum atomic E-state index is 13.0. The fourth-order valence-electron chi connectivity index (χ4n) is 3.30. The zero-order chi connectivity index (χ0) is 23.3. The van der Waals surface area contributed by atoms with Gasteiger partial charge in [-0.05, 0) is 62.7 Å². The van der Waals surface area contributed by atoms with Crippen LogP contribution in [0.4, 0.5) is 11.4 Å². The number of benzene rings is 2. The van der Waals surface area contributed by atoms with Crippen molar-refractivity contribution in [2.24, 2.45) is 0 Å². The largest absolute Gasteiger partial charge is 0.478 e. The van der Waals surface area contributed by atoms with E-state index in [-0.39, 0.29) is 35.8 Å². The summed E-state index contributed by atoms with van der Waals surface area (Å²) < 4.78 is 5.56. The van der Waals surface area contributed by atoms with Crippen LogP contribution in [-0.2, 0) is 14.3 Å². The number of amides is 2. The molecule has 1 N–H and O–H groups in total. The first-order valence-electron chi connectivity index (χ1n) is 10.2. The summed E-state index contributed by atoms with van der Waals surface area (Å²) >= 11 is 7.23. The quantitative estimate of drug-likeness (QED) is 0.428. The van der Waals surface area contributed by atoms with Crippen LogP contribution in [0.25, 0.3) is 0 Å². The topological polar surface area (TPSA) is 87.2 Å². The Morgan fingerprint density at radius 3 is 2.53 bits per heavy atom. The molecule has 0 atom stereocenters. The minimum atomic E-state index is -1.09. The molecule has 2 aromatic carbocycles. The zero-order valence-corrected chi connectivity index (χ0v) is 19.5. The molecule has 0 aromatic heterocycles. The number of aromatic carboxylic acids is 1. The molecule has 1 heterocycles. The van der Waals surface area contributed by atoms with Crippen LogP contribution in [0.2, 0.25) is 5.02 Å². The van der Waals surface area contributed by atoms with Crippen LogP contribution >= 0.6 is 23.4 Å². The summed E-state index contributed by atoms with van der Waals surface area (Å²) in [6, 6.07) is 11.6. The van der Waals surface area contributed by atoms with E-state index in [2.05, 4.69) is 0 Å². The van der Waals surface area contributed by atoms with E-state index in [4.69, 9.17) is 16.3 Å². The number of halogens is 1. The lowest BCUT2D eigenvalue weighted by atomic mass is 10.1. The van der Waals surface area contributed by atoms with Crippen molar-refractivity contribution in [2.45, 2.75) is 31.3 Å². The summed E-state index contributed by atoms with van der Waals surface area (Å²) in [4.78, 5) is 41.2. The molecule has 170 valence electrons. The molecule has 0 unspecified atom stereocenters. The minimum absolute atomic E-state index is 0.0596. The number of carboxylic acid groups (broad SMARTS) is 1. The first-order valence-corrected chi connectivity index (χ1v) is 11.6. The van der Waals surface area contributed by atoms with Gasteiger partial charge in [-0.25, -0.2) is 4.79 Å². The summed E-state index contributed by atoms with van der Waals surface area (Å²) in [6.07, 6.45) is 0.730. The molecule has 0 radical (unpaired) electrons. The summed E-state index contributed by atoms with van der Waals surface area (Å²) in [5, 5.41) is 10.0. The van der Waals surface area contributed by atoms with Crippen LogP contribution in [0.15, 0.2) is 47.4 Å². The van der Waals surface area contributed by atoms with E-state index in [9.17, 15) is 19.5 Å². The Morgan fingerprint density at radius 2 is 1.88 bits per heavy atom. The summed E-state index contributed by atoms with van der Waals surface area (Å²) in [5.41, 5.74) is 1.01. The average Bonchev–Trinajstić information content (AvgIpc) is 2.76. The van der Waals surface area contributed by atoms with Gasteiger partial charge >= 0.3 is 5.97 Å². The Kier molecular flexibility index (Phi) is 8.17. The van der Waals surface area contributed by atoms with Gasteiger partial charge in [-0.2, -0.15) is 0 Å². The van der Waals surface area contributed by atoms with Gasteiger partial charge in [0.2, 0.25) is 11.8 Å². The fraction of sp³-hybridized carbons (Fsp3) is 0.348. The molecule has 0 fully saturated rings. The van der Waals surface area contributed by atoms with E-state index in [1.165, 1.54) is 28.8 Å². The number of hydrogen-bond donors (Lipinski definition) is 1. The third kappa shape index (κ3) is 6.03. The SMILES string of the molecule is CC(C)OCCCN1C(=O)CN(C(=O)CSc2ccc(Cl)cc2)c2cc(C(=O)O)ccc21. The molecule has 9 heteroatoms. The molecule has 0 saturated carbocycles. The second-order valence-electron chi connectivity index (χ2n) is 7.55. The van der Waals surface area contributed by atoms with Gasteiger partial charge in [0.25, 0.3) is 0 Å². The third-order valence-corrected chi connectivity index (χ3v) is 6.10. The average molecular weight is 477 g/mol. The third-order valence-electron chi connectivity index (χ3n) is 4.85. The highest BCUT2D eigenvalue weighted by Gasteiger charge is 2.33. The van der Waals surface area contributed by atoms with Crippen molar-refractivity contribution >= 4 is 52.5 Å². The highest BCUT2D eigenvalue weighted by molar-refractivity contribution is 8.00. The van der Waals surface area contributed by atoms with Crippen LogP contribution < -0.4 is 9.80 Å². The van der Waals surface area contributed by atoms with E-state index in [1.807, 2.05) is 26.0 Å². The second kappa shape index (κ2) is 10.8. The molecular weight excluding hydrogens is 452 g/mol. The molecule has 0 bridgehead atoms. The van der Waals surface area contributed by atoms with Gasteiger partial charge in [0.05, 0.1) is 28.8 Å². The molecule has 2 amide bonds. The number of hydrogen-bond acceptors (Lipinski definition) is 5. The number of fused-ring (bicyclic) bond motifs is 1. The molecule has 3 rings (SSSR count). The highest BCUT2D eigenvalue weighted by atomic mass is 35.5. The maximum absolute atomic E-state index is 13.0. The predicted octanol–water partition coefficient (Wildman–Crippen LogP) is 4.33. The number of thioether (sulfide) groups is 1. The van der Waals surface area contributed by atoms with Crippen LogP contribution in [0.1, 0.15) is 30.6 Å². The Hall–Kier alpha value is -2.55. The van der Waals surface area contributed by atoms with E-state index < -0.39 is 5.97 Å². The number of ether oxygens (including phenoxy) is 1. The van der Waals surface area contributed by atoms with Crippen LogP contribution in [0.5, 0.6) is 0 Å². The highest BCUT2D eigenvalue weighted by Crippen LogP contribution is 2.35. The molecule has 0 saturated heterocycles. The Morgan fingerprint density at radius 1 is 1.16 bits per heavy atom. The monoisotopic (exact) mass is 476 g/mol. The molecule has 1 aliphatic rings. The van der Waals surface area contributed by atoms with E-state index >= 15 is 0 Å². The van der Waals surface area contributed by atoms with E-state index in [0.29, 0.717) is 36.0 Å². The lowest BCUT2D eigenvalue weighted by Gasteiger charge is -2.36. The number of carbonyl (C=O) groups excluding carboxylic acids is 2. The van der Waals surface area contributed by atoms with Gasteiger partial charge in [0.1, 0.15) is 6.54 Å². The number of anilines is 2. The van der Waals surface area contributed by atoms with Crippen molar-refractivity contribution in [1.82, 2.24) is 0 Å². The number of rotatable bonds is 9. The van der Waals surface area contributed by atoms with Crippen molar-refractivity contribution in [2.75, 3.05) is 35.2 Å². The van der Waals surface area contributed by atoms with Crippen molar-refractivity contribution in [3.63, 3.8) is 0 Å². The van der Waals surface area contributed by atoms with Crippen LogP contribution in [-0.4, -0.2) is 54.4 Å². The second-order valence-corrected chi connectivity index (χ2v) is 9.03. The van der Waals surface area contributed by atoms with Gasteiger partial charge in [-0.3, -0.25) is 9.59 Å². The lowest BCUT2D eigenvalue weighted by molar-refractivity contribution is -0.121. The smallest absolute Gasteiger partial charge is 0.335 e. The molecule has 0 aliphatic carbocycles. The van der Waals surface area contributed by atoms with Crippen LogP contribution in [0.3, 0.4) is 0 Å². The molecule has 1 aliphatic heterocycles. The van der Waals surface area contributed by atoms with Crippen molar-refractivity contribution in [1.29, 1.82) is 0 Å². The fourth-order valence-corrected chi connectivity index (χ4v) is 4.20. The number of carbonyl (C=O) groups is 3. The first kappa shape index (κ1) is 24.1. The normalized spacial score (nSPS) is 13.4. The summed E-state index contributed by atoms with van der Waals surface area (Å²) in [6.45, 7) is 4.68. The van der Waals surface area contributed by atoms with Gasteiger partial charge in [0.15, 0.2) is 0 Å². The Bertz CT molecular complexity index is 996. The summed E-state index contributed by atoms with van der Waals surface area (Å²) in [7, 11) is 0. The number of nitrogens with zero attached hydrogens (tertiary/aromatic N) is 2. The first-order chi connectivity index (χ1) is 15.3. The Balaban J connectivity index is 1.80. The maximum Gasteiger partial charge on any atom is 0.335 e. The Labute approximate surface area is 196 Å². The molecule has 2 aromatic rings. The molecule has 7 nitrogen and oxygen atoms in total. The van der Waals surface area contributed by atoms with Crippen molar-refractivity contribution < 1.29 is 24.2 Å². The molecule has 32 heavy (non-hydrogen) atoms. The molecular formula is C23H25ClN2O5S. The zero-order valence-electron chi connectivity index (χ0n) is 17.9. The molecule has 0 spiro atoms. The van der Waals surface area contributed by atoms with Crippen molar-refractivity contribution in [3.8, 4) is 0 Å². The standard InChI is InChI=1S/C23H25ClN2O5S/c1-15(2)31-11-3-10-25-19-9-4-16(23(29)30)12-20(19)26(13-21(25)27)22(28)14-32-18-7-5-17(24)6-8-18/h4-9,12,15H,3,10-11,13-14H2,1-2H3,(H,29,30). The predicted molar refractivity (Wildman–Crippen MR) is 126 cm³/mol. The number of carboxylic acids is 1. The van der Waals surface area contributed by atoms with Gasteiger partial charge in [-0.1, -0.05) is 11.6 Å². The van der Waals surface area contributed by atoms with Gasteiger partial charge < -0.3 is 19.6 Å². The van der Waals surface area contributed by atoms with Crippen LogP contribution in [0, 0.1) is 0 Å². The minimum Gasteiger partial charge on any atom is -0.478 e. The van der Waals surface area contributed by atoms with Gasteiger partial charge in [-0.15, -0.1) is 11.8 Å². The van der Waals surface area contributed by atoms with E-state index in [1.54, 1.807) is 23.1 Å². The van der Waals surface area contributed by atoms with E-state index in [0.717, 1.165) is 4.90 Å². The van der Waals surface area contributed by atoms with Crippen molar-refractivity contribution in [3.05, 3.63) is 53.1 Å². The summed E-state index contributed by atoms with van der Waals surface area (Å²) in [5.74, 6) is -1.47. The van der Waals surface area contributed by atoms with Gasteiger partial charge in [0, 0.05) is 23.1 Å². The lowest BCUT2D eigenvalue weighted by Crippen LogP contribution is -2.49.